The van der Waals surface area contributed by atoms with Crippen LogP contribution >= 0.6 is 0 Å². The Morgan fingerprint density at radius 1 is 1.41 bits per heavy atom. The second-order valence-corrected chi connectivity index (χ2v) is 6.67. The van der Waals surface area contributed by atoms with Crippen molar-refractivity contribution in [1.29, 1.82) is 0 Å². The van der Waals surface area contributed by atoms with E-state index in [0.29, 0.717) is 17.5 Å². The molecule has 0 saturated heterocycles. The summed E-state index contributed by atoms with van der Waals surface area (Å²) in [5.74, 6) is 0.808. The van der Waals surface area contributed by atoms with Crippen molar-refractivity contribution in [3.63, 3.8) is 0 Å². The van der Waals surface area contributed by atoms with Crippen LogP contribution in [-0.4, -0.2) is 37.6 Å². The summed E-state index contributed by atoms with van der Waals surface area (Å²) in [5.41, 5.74) is 0.432. The fraction of sp³-hybridized carbons (Fsp3) is 1.00. The second-order valence-electron chi connectivity index (χ2n) is 6.67. The third-order valence-corrected chi connectivity index (χ3v) is 4.72. The predicted octanol–water partition coefficient (Wildman–Crippen LogP) is 3.13. The van der Waals surface area contributed by atoms with Crippen LogP contribution in [-0.2, 0) is 0 Å². The van der Waals surface area contributed by atoms with Gasteiger partial charge in [-0.15, -0.1) is 0 Å². The highest BCUT2D eigenvalue weighted by Gasteiger charge is 2.39. The van der Waals surface area contributed by atoms with Gasteiger partial charge in [0.15, 0.2) is 0 Å². The summed E-state index contributed by atoms with van der Waals surface area (Å²) in [6.07, 6.45) is 5.36. The monoisotopic (exact) mass is 240 g/mol. The summed E-state index contributed by atoms with van der Waals surface area (Å²) >= 11 is 0. The van der Waals surface area contributed by atoms with Crippen LogP contribution in [0.5, 0.6) is 0 Å². The summed E-state index contributed by atoms with van der Waals surface area (Å²) in [6, 6.07) is 1.34. The Balaban J connectivity index is 2.67. The van der Waals surface area contributed by atoms with Gasteiger partial charge in [0.1, 0.15) is 0 Å². The maximum atomic E-state index is 3.57. The first-order valence-corrected chi connectivity index (χ1v) is 7.30. The number of hydrogen-bond donors (Lipinski definition) is 1. The Kier molecular flexibility index (Phi) is 5.46. The molecule has 2 heteroatoms. The highest BCUT2D eigenvalue weighted by Crippen LogP contribution is 2.37. The van der Waals surface area contributed by atoms with Crippen LogP contribution in [0.4, 0.5) is 0 Å². The molecule has 1 aliphatic rings. The fourth-order valence-corrected chi connectivity index (χ4v) is 3.42. The minimum atomic E-state index is 0.432. The van der Waals surface area contributed by atoms with Gasteiger partial charge in [-0.1, -0.05) is 40.5 Å². The molecule has 0 aromatic heterocycles. The van der Waals surface area contributed by atoms with Gasteiger partial charge in [0, 0.05) is 18.6 Å². The first kappa shape index (κ1) is 15.0. The van der Waals surface area contributed by atoms with Gasteiger partial charge in [0.05, 0.1) is 0 Å². The maximum absolute atomic E-state index is 3.57. The molecule has 1 N–H and O–H groups in total. The minimum absolute atomic E-state index is 0.432. The Morgan fingerprint density at radius 3 is 2.59 bits per heavy atom. The SMILES string of the molecule is CCC(C)CN(C)C1CCCC(C)(C)C1NC. The molecule has 0 bridgehead atoms. The molecule has 0 heterocycles. The van der Waals surface area contributed by atoms with E-state index in [1.807, 2.05) is 0 Å². The molecule has 0 radical (unpaired) electrons. The number of likely N-dealkylation sites (N-methyl/N-ethyl adjacent to an activating group) is 2. The van der Waals surface area contributed by atoms with Crippen LogP contribution in [0.2, 0.25) is 0 Å². The Hall–Kier alpha value is -0.0800. The molecular weight excluding hydrogens is 208 g/mol. The number of hydrogen-bond acceptors (Lipinski definition) is 2. The number of nitrogens with zero attached hydrogens (tertiary/aromatic N) is 1. The standard InChI is InChI=1S/C15H32N2/c1-7-12(2)11-17(6)13-9-8-10-15(3,4)14(13)16-5/h12-14,16H,7-11H2,1-6H3. The van der Waals surface area contributed by atoms with E-state index in [9.17, 15) is 0 Å². The lowest BCUT2D eigenvalue weighted by molar-refractivity contribution is 0.0596. The molecule has 0 aromatic rings. The fourth-order valence-electron chi connectivity index (χ4n) is 3.42. The van der Waals surface area contributed by atoms with Crippen LogP contribution in [0, 0.1) is 11.3 Å². The summed E-state index contributed by atoms with van der Waals surface area (Å²) in [6.45, 7) is 10.7. The van der Waals surface area contributed by atoms with Gasteiger partial charge < -0.3 is 10.2 Å². The lowest BCUT2D eigenvalue weighted by Gasteiger charge is -2.47. The molecule has 3 unspecified atom stereocenters. The van der Waals surface area contributed by atoms with Gasteiger partial charge in [0.2, 0.25) is 0 Å². The normalized spacial score (nSPS) is 30.5. The van der Waals surface area contributed by atoms with E-state index < -0.39 is 0 Å². The van der Waals surface area contributed by atoms with Crippen molar-refractivity contribution in [2.45, 2.75) is 65.5 Å². The average Bonchev–Trinajstić information content (AvgIpc) is 2.27. The molecule has 1 aliphatic carbocycles. The Morgan fingerprint density at radius 2 is 2.06 bits per heavy atom. The van der Waals surface area contributed by atoms with Gasteiger partial charge in [-0.2, -0.15) is 0 Å². The lowest BCUT2D eigenvalue weighted by Crippen LogP contribution is -2.57. The van der Waals surface area contributed by atoms with Crippen molar-refractivity contribution >= 4 is 0 Å². The zero-order valence-corrected chi connectivity index (χ0v) is 12.7. The van der Waals surface area contributed by atoms with Gasteiger partial charge in [-0.05, 0) is 38.3 Å². The van der Waals surface area contributed by atoms with Crippen molar-refractivity contribution in [2.24, 2.45) is 11.3 Å². The molecule has 0 spiro atoms. The number of nitrogens with one attached hydrogen (secondary N) is 1. The smallest absolute Gasteiger partial charge is 0.0271 e. The van der Waals surface area contributed by atoms with Gasteiger partial charge in [-0.25, -0.2) is 0 Å². The summed E-state index contributed by atoms with van der Waals surface area (Å²) in [7, 11) is 4.43. The van der Waals surface area contributed by atoms with Gasteiger partial charge >= 0.3 is 0 Å². The first-order chi connectivity index (χ1) is 7.92. The quantitative estimate of drug-likeness (QED) is 0.794. The van der Waals surface area contributed by atoms with Gasteiger partial charge in [0.25, 0.3) is 0 Å². The molecule has 0 aliphatic heterocycles. The van der Waals surface area contributed by atoms with E-state index in [4.69, 9.17) is 0 Å². The van der Waals surface area contributed by atoms with Crippen LogP contribution in [0.15, 0.2) is 0 Å². The van der Waals surface area contributed by atoms with E-state index in [0.717, 1.165) is 5.92 Å². The summed E-state index contributed by atoms with van der Waals surface area (Å²) in [5, 5.41) is 3.57. The van der Waals surface area contributed by atoms with Crippen LogP contribution in [0.25, 0.3) is 0 Å². The minimum Gasteiger partial charge on any atom is -0.315 e. The number of rotatable bonds is 5. The van der Waals surface area contributed by atoms with Crippen LogP contribution < -0.4 is 5.32 Å². The van der Waals surface area contributed by atoms with Crippen molar-refractivity contribution in [2.75, 3.05) is 20.6 Å². The molecule has 2 nitrogen and oxygen atoms in total. The second kappa shape index (κ2) is 6.19. The summed E-state index contributed by atoms with van der Waals surface area (Å²) in [4.78, 5) is 2.59. The highest BCUT2D eigenvalue weighted by molar-refractivity contribution is 4.97. The van der Waals surface area contributed by atoms with E-state index in [1.165, 1.54) is 32.2 Å². The average molecular weight is 240 g/mol. The molecule has 0 amide bonds. The molecule has 0 aromatic carbocycles. The Bertz CT molecular complexity index is 225. The predicted molar refractivity (Wildman–Crippen MR) is 76.4 cm³/mol. The maximum Gasteiger partial charge on any atom is 0.0271 e. The molecule has 3 atom stereocenters. The van der Waals surface area contributed by atoms with E-state index in [-0.39, 0.29) is 0 Å². The van der Waals surface area contributed by atoms with Gasteiger partial charge in [-0.3, -0.25) is 0 Å². The first-order valence-electron chi connectivity index (χ1n) is 7.30. The zero-order valence-electron chi connectivity index (χ0n) is 12.7. The molecule has 1 saturated carbocycles. The zero-order chi connectivity index (χ0) is 13.1. The lowest BCUT2D eigenvalue weighted by atomic mass is 9.70. The molecule has 102 valence electrons. The highest BCUT2D eigenvalue weighted by atomic mass is 15.2. The molecule has 1 rings (SSSR count). The topological polar surface area (TPSA) is 15.3 Å². The molecule has 17 heavy (non-hydrogen) atoms. The van der Waals surface area contributed by atoms with E-state index >= 15 is 0 Å². The molecular formula is C15H32N2. The molecule has 1 fully saturated rings. The summed E-state index contributed by atoms with van der Waals surface area (Å²) < 4.78 is 0. The van der Waals surface area contributed by atoms with Crippen molar-refractivity contribution in [3.05, 3.63) is 0 Å². The Labute approximate surface area is 108 Å². The van der Waals surface area contributed by atoms with E-state index in [2.05, 4.69) is 52.0 Å². The van der Waals surface area contributed by atoms with Crippen LogP contribution in [0.3, 0.4) is 0 Å². The largest absolute Gasteiger partial charge is 0.315 e. The van der Waals surface area contributed by atoms with Crippen molar-refractivity contribution < 1.29 is 0 Å². The van der Waals surface area contributed by atoms with E-state index in [1.54, 1.807) is 0 Å². The van der Waals surface area contributed by atoms with Crippen molar-refractivity contribution in [1.82, 2.24) is 10.2 Å². The third-order valence-electron chi connectivity index (χ3n) is 4.72. The third kappa shape index (κ3) is 3.69. The van der Waals surface area contributed by atoms with Crippen LogP contribution in [0.1, 0.15) is 53.4 Å². The van der Waals surface area contributed by atoms with Crippen molar-refractivity contribution in [3.8, 4) is 0 Å².